The smallest absolute Gasteiger partial charge is 0.193 e. The Morgan fingerprint density at radius 3 is 2.17 bits per heavy atom. The molecule has 0 radical (unpaired) electrons. The van der Waals surface area contributed by atoms with Crippen LogP contribution in [0.5, 0.6) is 0 Å². The van der Waals surface area contributed by atoms with Crippen LogP contribution in [0.15, 0.2) is 42.5 Å². The van der Waals surface area contributed by atoms with E-state index in [2.05, 4.69) is 45.9 Å². The number of hydrogen-bond donors (Lipinski definition) is 1. The van der Waals surface area contributed by atoms with Gasteiger partial charge in [0.1, 0.15) is 11.7 Å². The van der Waals surface area contributed by atoms with Gasteiger partial charge in [-0.2, -0.15) is 0 Å². The van der Waals surface area contributed by atoms with Crippen LogP contribution in [0.3, 0.4) is 0 Å². The van der Waals surface area contributed by atoms with Crippen molar-refractivity contribution in [2.24, 2.45) is 0 Å². The third kappa shape index (κ3) is 5.87. The van der Waals surface area contributed by atoms with E-state index in [4.69, 9.17) is 4.43 Å². The first-order chi connectivity index (χ1) is 11.4. The van der Waals surface area contributed by atoms with Gasteiger partial charge in [-0.25, -0.2) is 0 Å². The Morgan fingerprint density at radius 1 is 1.08 bits per heavy atom. The molecule has 2 nitrogen and oxygen atoms in total. The third-order valence-electron chi connectivity index (χ3n) is 5.11. The molecule has 2 atom stereocenters. The second kappa shape index (κ2) is 10.2. The van der Waals surface area contributed by atoms with Gasteiger partial charge in [-0.1, -0.05) is 83.0 Å². The Bertz CT molecular complexity index is 470. The number of hydrogen-bond acceptors (Lipinski definition) is 2. The van der Waals surface area contributed by atoms with Gasteiger partial charge >= 0.3 is 0 Å². The van der Waals surface area contributed by atoms with Crippen LogP contribution in [0, 0.1) is 0 Å². The molecule has 1 aromatic rings. The topological polar surface area (TPSA) is 29.5 Å². The highest BCUT2D eigenvalue weighted by atomic mass is 28.4. The van der Waals surface area contributed by atoms with E-state index in [1.165, 1.54) is 6.42 Å². The highest BCUT2D eigenvalue weighted by Crippen LogP contribution is 2.37. The fraction of sp³-hybridized carbons (Fsp3) is 0.619. The SMILES string of the molecule is CCCC/C=C/[C@](C)(O)[C@@H](O[Si](CC)(CC)CC)c1ccccc1. The minimum absolute atomic E-state index is 0.303. The van der Waals surface area contributed by atoms with Crippen LogP contribution >= 0.6 is 0 Å². The zero-order chi connectivity index (χ0) is 18.1. The summed E-state index contributed by atoms with van der Waals surface area (Å²) in [5.41, 5.74) is 0.0715. The maximum Gasteiger partial charge on any atom is 0.193 e. The molecule has 0 fully saturated rings. The Labute approximate surface area is 150 Å². The summed E-state index contributed by atoms with van der Waals surface area (Å²) in [6.45, 7) is 10.8. The number of allylic oxidation sites excluding steroid dienone is 1. The lowest BCUT2D eigenvalue weighted by Crippen LogP contribution is -2.43. The van der Waals surface area contributed by atoms with Crippen molar-refractivity contribution in [2.75, 3.05) is 0 Å². The van der Waals surface area contributed by atoms with Crippen molar-refractivity contribution in [1.82, 2.24) is 0 Å². The Morgan fingerprint density at radius 2 is 1.67 bits per heavy atom. The first kappa shape index (κ1) is 21.1. The lowest BCUT2D eigenvalue weighted by atomic mass is 9.92. The summed E-state index contributed by atoms with van der Waals surface area (Å²) in [7, 11) is -1.82. The second-order valence-electron chi connectivity index (χ2n) is 6.92. The van der Waals surface area contributed by atoms with E-state index < -0.39 is 13.9 Å². The van der Waals surface area contributed by atoms with E-state index in [-0.39, 0.29) is 6.10 Å². The van der Waals surface area contributed by atoms with Gasteiger partial charge in [0.15, 0.2) is 8.32 Å². The molecule has 1 rings (SSSR count). The highest BCUT2D eigenvalue weighted by Gasteiger charge is 2.39. The summed E-state index contributed by atoms with van der Waals surface area (Å²) in [5, 5.41) is 11.2. The van der Waals surface area contributed by atoms with E-state index in [1.807, 2.05) is 31.2 Å². The maximum atomic E-state index is 11.2. The van der Waals surface area contributed by atoms with E-state index >= 15 is 0 Å². The van der Waals surface area contributed by atoms with Crippen molar-refractivity contribution in [3.63, 3.8) is 0 Å². The largest absolute Gasteiger partial charge is 0.407 e. The van der Waals surface area contributed by atoms with Gasteiger partial charge in [0.25, 0.3) is 0 Å². The molecule has 1 N–H and O–H groups in total. The summed E-state index contributed by atoms with van der Waals surface area (Å²) >= 11 is 0. The molecule has 0 aliphatic heterocycles. The molecule has 0 aliphatic carbocycles. The lowest BCUT2D eigenvalue weighted by molar-refractivity contribution is -0.0191. The number of rotatable bonds is 11. The molecule has 0 aromatic heterocycles. The molecule has 0 amide bonds. The van der Waals surface area contributed by atoms with Crippen molar-refractivity contribution in [3.05, 3.63) is 48.0 Å². The van der Waals surface area contributed by atoms with Gasteiger partial charge in [0.2, 0.25) is 0 Å². The monoisotopic (exact) mass is 348 g/mol. The lowest BCUT2D eigenvalue weighted by Gasteiger charge is -2.39. The average Bonchev–Trinajstić information content (AvgIpc) is 2.61. The Kier molecular flexibility index (Phi) is 8.96. The first-order valence-corrected chi connectivity index (χ1v) is 12.1. The molecule has 24 heavy (non-hydrogen) atoms. The molecular weight excluding hydrogens is 312 g/mol. The van der Waals surface area contributed by atoms with Gasteiger partial charge < -0.3 is 9.53 Å². The Balaban J connectivity index is 3.12. The molecule has 136 valence electrons. The molecule has 0 heterocycles. The molecule has 0 bridgehead atoms. The predicted octanol–water partition coefficient (Wildman–Crippen LogP) is 6.25. The number of unbranched alkanes of at least 4 members (excludes halogenated alkanes) is 2. The zero-order valence-corrected chi connectivity index (χ0v) is 17.2. The molecular formula is C21H36O2Si. The molecule has 0 spiro atoms. The third-order valence-corrected chi connectivity index (χ3v) is 9.72. The van der Waals surface area contributed by atoms with E-state index in [0.717, 1.165) is 36.5 Å². The average molecular weight is 349 g/mol. The van der Waals surface area contributed by atoms with Crippen LogP contribution in [0.4, 0.5) is 0 Å². The van der Waals surface area contributed by atoms with Crippen LogP contribution in [0.25, 0.3) is 0 Å². The first-order valence-electron chi connectivity index (χ1n) is 9.57. The van der Waals surface area contributed by atoms with Crippen molar-refractivity contribution in [1.29, 1.82) is 0 Å². The van der Waals surface area contributed by atoms with Crippen molar-refractivity contribution in [3.8, 4) is 0 Å². The van der Waals surface area contributed by atoms with Crippen LogP contribution in [-0.2, 0) is 4.43 Å². The van der Waals surface area contributed by atoms with Crippen molar-refractivity contribution < 1.29 is 9.53 Å². The summed E-state index contributed by atoms with van der Waals surface area (Å²) in [6, 6.07) is 13.4. The summed E-state index contributed by atoms with van der Waals surface area (Å²) in [4.78, 5) is 0. The maximum absolute atomic E-state index is 11.2. The molecule has 3 heteroatoms. The highest BCUT2D eigenvalue weighted by molar-refractivity contribution is 6.73. The van der Waals surface area contributed by atoms with Crippen LogP contribution in [0.1, 0.15) is 65.5 Å². The quantitative estimate of drug-likeness (QED) is 0.291. The molecule has 0 unspecified atom stereocenters. The van der Waals surface area contributed by atoms with Crippen LogP contribution in [0.2, 0.25) is 18.1 Å². The summed E-state index contributed by atoms with van der Waals surface area (Å²) in [5.74, 6) is 0. The fourth-order valence-electron chi connectivity index (χ4n) is 3.13. The zero-order valence-electron chi connectivity index (χ0n) is 16.2. The summed E-state index contributed by atoms with van der Waals surface area (Å²) in [6.07, 6.45) is 7.08. The van der Waals surface area contributed by atoms with Crippen molar-refractivity contribution in [2.45, 2.75) is 83.7 Å². The van der Waals surface area contributed by atoms with Crippen LogP contribution < -0.4 is 0 Å². The molecule has 0 saturated carbocycles. The normalized spacial score (nSPS) is 16.2. The minimum atomic E-state index is -1.82. The fourth-order valence-corrected chi connectivity index (χ4v) is 6.01. The molecule has 0 saturated heterocycles. The van der Waals surface area contributed by atoms with E-state index in [1.54, 1.807) is 0 Å². The van der Waals surface area contributed by atoms with E-state index in [0.29, 0.717) is 0 Å². The van der Waals surface area contributed by atoms with Gasteiger partial charge in [0, 0.05) is 0 Å². The second-order valence-corrected chi connectivity index (χ2v) is 11.6. The predicted molar refractivity (Wildman–Crippen MR) is 107 cm³/mol. The van der Waals surface area contributed by atoms with Gasteiger partial charge in [-0.3, -0.25) is 0 Å². The van der Waals surface area contributed by atoms with Crippen molar-refractivity contribution >= 4 is 8.32 Å². The molecule has 1 aromatic carbocycles. The minimum Gasteiger partial charge on any atom is -0.407 e. The van der Waals surface area contributed by atoms with Gasteiger partial charge in [-0.05, 0) is 37.0 Å². The molecule has 0 aliphatic rings. The summed E-state index contributed by atoms with van der Waals surface area (Å²) < 4.78 is 6.73. The Hall–Kier alpha value is -0.903. The van der Waals surface area contributed by atoms with Crippen LogP contribution in [-0.4, -0.2) is 19.0 Å². The van der Waals surface area contributed by atoms with E-state index in [9.17, 15) is 5.11 Å². The standard InChI is InChI=1S/C21H36O2Si/c1-6-10-11-15-18-21(5,22)20(19-16-13-12-14-17-19)23-24(7-2,8-3)9-4/h12-18,20,22H,6-11H2,1-5H3/b18-15+/t20-,21-/m0/s1. The number of aliphatic hydroxyl groups is 1. The van der Waals surface area contributed by atoms with Gasteiger partial charge in [0.05, 0.1) is 0 Å². The van der Waals surface area contributed by atoms with Gasteiger partial charge in [-0.15, -0.1) is 0 Å². The number of benzene rings is 1.